The van der Waals surface area contributed by atoms with Crippen molar-refractivity contribution >= 4 is 56.7 Å². The number of carbonyl (C=O) groups is 4. The first-order valence-electron chi connectivity index (χ1n) is 15.0. The minimum Gasteiger partial charge on any atom is -0.480 e. The van der Waals surface area contributed by atoms with Crippen molar-refractivity contribution in [2.75, 3.05) is 51.1 Å². The first kappa shape index (κ1) is 33.5. The standard InChI is InChI=1S/C32H42N4O6S2/c1-33(2)23-13-15-25(31(41)35(19-29(37)38)21-9-5-6-10-21)27(17-23)43-44-28-18-24(34(3)4)14-16-26(28)32(42)36(20-30(39)40)22-11-7-8-12-22/h13-18,21-22H,5-12,19-20H2,1-4H3,(H,37,38)(H,39,40). The zero-order chi connectivity index (χ0) is 32.0. The summed E-state index contributed by atoms with van der Waals surface area (Å²) in [5, 5.41) is 19.2. The molecule has 0 saturated heterocycles. The highest BCUT2D eigenvalue weighted by atomic mass is 33.1. The second kappa shape index (κ2) is 15.1. The number of hydrogen-bond donors (Lipinski definition) is 2. The minimum atomic E-state index is -1.05. The smallest absolute Gasteiger partial charge is 0.323 e. The van der Waals surface area contributed by atoms with Crippen molar-refractivity contribution in [3.63, 3.8) is 0 Å². The van der Waals surface area contributed by atoms with E-state index in [2.05, 4.69) is 0 Å². The molecule has 0 atom stereocenters. The maximum Gasteiger partial charge on any atom is 0.323 e. The van der Waals surface area contributed by atoms with Crippen molar-refractivity contribution in [3.8, 4) is 0 Å². The van der Waals surface area contributed by atoms with E-state index in [9.17, 15) is 29.4 Å². The van der Waals surface area contributed by atoms with Crippen LogP contribution in [0.1, 0.15) is 72.1 Å². The van der Waals surface area contributed by atoms with Crippen LogP contribution >= 0.6 is 21.6 Å². The third-order valence-corrected chi connectivity index (χ3v) is 10.8. The number of carboxylic acids is 2. The zero-order valence-electron chi connectivity index (χ0n) is 25.8. The molecular formula is C32H42N4O6S2. The second-order valence-corrected chi connectivity index (χ2v) is 14.1. The van der Waals surface area contributed by atoms with Gasteiger partial charge in [0.25, 0.3) is 11.8 Å². The highest BCUT2D eigenvalue weighted by Crippen LogP contribution is 2.44. The van der Waals surface area contributed by atoms with Crippen LogP contribution in [0.25, 0.3) is 0 Å². The quantitative estimate of drug-likeness (QED) is 0.269. The first-order chi connectivity index (χ1) is 21.0. The van der Waals surface area contributed by atoms with Gasteiger partial charge in [-0.15, -0.1) is 0 Å². The van der Waals surface area contributed by atoms with Crippen molar-refractivity contribution < 1.29 is 29.4 Å². The summed E-state index contributed by atoms with van der Waals surface area (Å²) in [7, 11) is 10.3. The molecule has 2 aliphatic rings. The first-order valence-corrected chi connectivity index (χ1v) is 17.1. The number of benzene rings is 2. The number of nitrogens with zero attached hydrogens (tertiary/aromatic N) is 4. The van der Waals surface area contributed by atoms with E-state index in [-0.39, 0.29) is 37.0 Å². The van der Waals surface area contributed by atoms with Crippen LogP contribution in [0.2, 0.25) is 0 Å². The van der Waals surface area contributed by atoms with Gasteiger partial charge < -0.3 is 29.8 Å². The van der Waals surface area contributed by atoms with Gasteiger partial charge in [0.1, 0.15) is 13.1 Å². The zero-order valence-corrected chi connectivity index (χ0v) is 27.5. The van der Waals surface area contributed by atoms with Gasteiger partial charge in [-0.25, -0.2) is 0 Å². The normalized spacial score (nSPS) is 15.3. The summed E-state index contributed by atoms with van der Waals surface area (Å²) in [5.41, 5.74) is 2.58. The summed E-state index contributed by atoms with van der Waals surface area (Å²) in [6.07, 6.45) is 6.97. The Bertz CT molecular complexity index is 1270. The molecule has 0 heterocycles. The Morgan fingerprint density at radius 1 is 0.636 bits per heavy atom. The molecule has 0 unspecified atom stereocenters. The van der Waals surface area contributed by atoms with E-state index in [1.165, 1.54) is 31.4 Å². The molecule has 2 amide bonds. The molecule has 2 aromatic carbocycles. The molecule has 44 heavy (non-hydrogen) atoms. The van der Waals surface area contributed by atoms with Crippen molar-refractivity contribution in [1.82, 2.24) is 9.80 Å². The molecule has 2 saturated carbocycles. The van der Waals surface area contributed by atoms with E-state index >= 15 is 0 Å². The highest BCUT2D eigenvalue weighted by molar-refractivity contribution is 8.76. The van der Waals surface area contributed by atoms with Crippen LogP contribution < -0.4 is 9.80 Å². The van der Waals surface area contributed by atoms with E-state index in [1.54, 1.807) is 12.1 Å². The van der Waals surface area contributed by atoms with Crippen LogP contribution in [0.4, 0.5) is 11.4 Å². The molecule has 0 aliphatic heterocycles. The molecule has 0 bridgehead atoms. The van der Waals surface area contributed by atoms with Gasteiger partial charge >= 0.3 is 11.9 Å². The molecule has 0 radical (unpaired) electrons. The molecule has 2 N–H and O–H groups in total. The topological polar surface area (TPSA) is 122 Å². The molecular weight excluding hydrogens is 601 g/mol. The van der Waals surface area contributed by atoms with Gasteiger partial charge in [-0.05, 0) is 62.1 Å². The number of anilines is 2. The minimum absolute atomic E-state index is 0.116. The Hall–Kier alpha value is -3.38. The lowest BCUT2D eigenvalue weighted by molar-refractivity contribution is -0.139. The average molecular weight is 643 g/mol. The van der Waals surface area contributed by atoms with E-state index < -0.39 is 11.9 Å². The fourth-order valence-electron chi connectivity index (χ4n) is 5.93. The summed E-state index contributed by atoms with van der Waals surface area (Å²) in [6, 6.07) is 10.8. The van der Waals surface area contributed by atoms with Crippen LogP contribution in [-0.4, -0.2) is 97.1 Å². The fourth-order valence-corrected chi connectivity index (χ4v) is 8.30. The average Bonchev–Trinajstić information content (AvgIpc) is 3.72. The molecule has 238 valence electrons. The van der Waals surface area contributed by atoms with Crippen LogP contribution in [0, 0.1) is 0 Å². The van der Waals surface area contributed by atoms with Crippen molar-refractivity contribution in [1.29, 1.82) is 0 Å². The van der Waals surface area contributed by atoms with Gasteiger partial charge in [0, 0.05) is 61.4 Å². The van der Waals surface area contributed by atoms with Crippen molar-refractivity contribution in [2.24, 2.45) is 0 Å². The fraction of sp³-hybridized carbons (Fsp3) is 0.500. The largest absolute Gasteiger partial charge is 0.480 e. The lowest BCUT2D eigenvalue weighted by Crippen LogP contribution is -2.42. The van der Waals surface area contributed by atoms with Gasteiger partial charge in [-0.2, -0.15) is 0 Å². The maximum absolute atomic E-state index is 13.9. The summed E-state index contributed by atoms with van der Waals surface area (Å²) in [6.45, 7) is -0.722. The van der Waals surface area contributed by atoms with Crippen molar-refractivity contribution in [3.05, 3.63) is 47.5 Å². The molecule has 2 aromatic rings. The van der Waals surface area contributed by atoms with Gasteiger partial charge in [-0.3, -0.25) is 19.2 Å². The van der Waals surface area contributed by atoms with Crippen molar-refractivity contribution in [2.45, 2.75) is 73.2 Å². The maximum atomic E-state index is 13.9. The highest BCUT2D eigenvalue weighted by Gasteiger charge is 2.32. The van der Waals surface area contributed by atoms with E-state index in [0.29, 0.717) is 20.9 Å². The number of amides is 2. The van der Waals surface area contributed by atoms with Crippen LogP contribution in [0.3, 0.4) is 0 Å². The number of rotatable bonds is 13. The predicted octanol–water partition coefficient (Wildman–Crippen LogP) is 5.56. The molecule has 4 rings (SSSR count). The van der Waals surface area contributed by atoms with Crippen LogP contribution in [0.5, 0.6) is 0 Å². The van der Waals surface area contributed by atoms with E-state index in [1.807, 2.05) is 62.3 Å². The molecule has 12 heteroatoms. The Balaban J connectivity index is 1.70. The number of carboxylic acid groups (broad SMARTS) is 2. The molecule has 2 aliphatic carbocycles. The van der Waals surface area contributed by atoms with Gasteiger partial charge in [-0.1, -0.05) is 47.3 Å². The summed E-state index contributed by atoms with van der Waals surface area (Å²) in [5.74, 6) is -2.73. The Kier molecular flexibility index (Phi) is 11.5. The number of carbonyl (C=O) groups excluding carboxylic acids is 2. The molecule has 0 spiro atoms. The summed E-state index contributed by atoms with van der Waals surface area (Å²) < 4.78 is 0. The SMILES string of the molecule is CN(C)c1ccc(C(=O)N(CC(=O)O)C2CCCC2)c(SSc2cc(N(C)C)ccc2C(=O)N(CC(=O)O)C2CCCC2)c1. The van der Waals surface area contributed by atoms with Gasteiger partial charge in [0.05, 0.1) is 11.1 Å². The summed E-state index contributed by atoms with van der Waals surface area (Å²) >= 11 is 0. The van der Waals surface area contributed by atoms with E-state index in [0.717, 1.165) is 62.7 Å². The lowest BCUT2D eigenvalue weighted by atomic mass is 10.1. The lowest BCUT2D eigenvalue weighted by Gasteiger charge is -2.29. The third-order valence-electron chi connectivity index (χ3n) is 8.31. The van der Waals surface area contributed by atoms with Gasteiger partial charge in [0.15, 0.2) is 0 Å². The third kappa shape index (κ3) is 8.20. The molecule has 10 nitrogen and oxygen atoms in total. The Morgan fingerprint density at radius 2 is 0.977 bits per heavy atom. The van der Waals surface area contributed by atoms with Crippen LogP contribution in [0.15, 0.2) is 46.2 Å². The number of aliphatic carboxylic acids is 2. The van der Waals surface area contributed by atoms with Crippen LogP contribution in [-0.2, 0) is 9.59 Å². The Morgan fingerprint density at radius 3 is 1.27 bits per heavy atom. The molecule has 2 fully saturated rings. The monoisotopic (exact) mass is 642 g/mol. The second-order valence-electron chi connectivity index (χ2n) is 11.8. The Labute approximate surface area is 267 Å². The molecule has 0 aromatic heterocycles. The summed E-state index contributed by atoms with van der Waals surface area (Å²) in [4.78, 5) is 59.6. The van der Waals surface area contributed by atoms with E-state index in [4.69, 9.17) is 0 Å². The van der Waals surface area contributed by atoms with Gasteiger partial charge in [0.2, 0.25) is 0 Å². The number of hydrogen-bond acceptors (Lipinski definition) is 8. The predicted molar refractivity (Wildman–Crippen MR) is 175 cm³/mol.